The largest absolute Gasteiger partial charge is 0.456 e. The minimum Gasteiger partial charge on any atom is -0.456 e. The molecule has 0 amide bonds. The van der Waals surface area contributed by atoms with Crippen molar-refractivity contribution in [3.8, 4) is 22.8 Å². The average molecular weight is 542 g/mol. The molecule has 0 unspecified atom stereocenters. The normalized spacial score (nSPS) is 15.9. The molecule has 5 aromatic rings. The van der Waals surface area contributed by atoms with Crippen molar-refractivity contribution in [2.75, 3.05) is 0 Å². The van der Waals surface area contributed by atoms with Crippen molar-refractivity contribution in [1.29, 1.82) is 0 Å². The lowest BCUT2D eigenvalue weighted by Gasteiger charge is -2.28. The van der Waals surface area contributed by atoms with E-state index in [0.717, 1.165) is 41.0 Å². The summed E-state index contributed by atoms with van der Waals surface area (Å²) >= 11 is 0. The molecule has 1 fully saturated rings. The van der Waals surface area contributed by atoms with E-state index < -0.39 is 0 Å². The summed E-state index contributed by atoms with van der Waals surface area (Å²) in [5.74, 6) is 2.62. The monoisotopic (exact) mass is 541 g/mol. The molecule has 2 heteroatoms. The van der Waals surface area contributed by atoms with Crippen molar-refractivity contribution >= 4 is 32.3 Å². The number of pyridine rings is 1. The maximum atomic E-state index is 7.00. The fraction of sp³-hybridized carbons (Fsp3) is 0.410. The van der Waals surface area contributed by atoms with E-state index in [2.05, 4.69) is 96.1 Å². The molecule has 0 radical (unpaired) electrons. The van der Waals surface area contributed by atoms with E-state index in [0.29, 0.717) is 5.92 Å². The quantitative estimate of drug-likeness (QED) is 0.208. The van der Waals surface area contributed by atoms with Crippen LogP contribution in [0.3, 0.4) is 0 Å². The van der Waals surface area contributed by atoms with E-state index in [1.165, 1.54) is 75.7 Å². The Kier molecular flexibility index (Phi) is 6.19. The molecule has 0 saturated heterocycles. The Morgan fingerprint density at radius 2 is 1.46 bits per heavy atom. The van der Waals surface area contributed by atoms with Gasteiger partial charge in [-0.3, -0.25) is 4.98 Å². The highest BCUT2D eigenvalue weighted by atomic mass is 16.5. The molecular formula is C39H43NO. The number of rotatable bonds is 3. The van der Waals surface area contributed by atoms with Gasteiger partial charge in [-0.05, 0) is 98.7 Å². The second kappa shape index (κ2) is 9.58. The van der Waals surface area contributed by atoms with Crippen molar-refractivity contribution < 1.29 is 4.74 Å². The topological polar surface area (TPSA) is 22.1 Å². The summed E-state index contributed by atoms with van der Waals surface area (Å²) in [6, 6.07) is 21.0. The number of hydrogen-bond donors (Lipinski definition) is 0. The predicted molar refractivity (Wildman–Crippen MR) is 174 cm³/mol. The lowest BCUT2D eigenvalue weighted by Crippen LogP contribution is -2.13. The highest BCUT2D eigenvalue weighted by Crippen LogP contribution is 2.52. The van der Waals surface area contributed by atoms with Gasteiger partial charge < -0.3 is 4.74 Å². The molecule has 1 aliphatic carbocycles. The Bertz CT molecular complexity index is 1810. The van der Waals surface area contributed by atoms with E-state index >= 15 is 0 Å². The van der Waals surface area contributed by atoms with Crippen LogP contribution in [0.2, 0.25) is 0 Å². The second-order valence-corrected chi connectivity index (χ2v) is 15.1. The molecular weight excluding hydrogens is 498 g/mol. The van der Waals surface area contributed by atoms with E-state index in [1.54, 1.807) is 0 Å². The lowest BCUT2D eigenvalue weighted by atomic mass is 9.82. The van der Waals surface area contributed by atoms with Crippen LogP contribution in [0.1, 0.15) is 96.3 Å². The SMILES string of the molecule is CC(C)(C)Cc1ccc2c(CC(C)(C)C)c3c(cc2c1)-c1nccc2c1c(cc1cc(C4CCCCC4)ccc12)O3. The van der Waals surface area contributed by atoms with Crippen LogP contribution in [-0.4, -0.2) is 4.98 Å². The van der Waals surface area contributed by atoms with Gasteiger partial charge in [0.05, 0.1) is 11.1 Å². The third kappa shape index (κ3) is 4.90. The Labute approximate surface area is 245 Å². The zero-order valence-electron chi connectivity index (χ0n) is 25.7. The zero-order valence-corrected chi connectivity index (χ0v) is 25.7. The van der Waals surface area contributed by atoms with Crippen LogP contribution in [0.25, 0.3) is 43.6 Å². The predicted octanol–water partition coefficient (Wildman–Crippen LogP) is 11.5. The van der Waals surface area contributed by atoms with Gasteiger partial charge in [0, 0.05) is 17.3 Å². The smallest absolute Gasteiger partial charge is 0.140 e. The first-order valence-corrected chi connectivity index (χ1v) is 15.7. The van der Waals surface area contributed by atoms with Gasteiger partial charge in [0.2, 0.25) is 0 Å². The third-order valence-corrected chi connectivity index (χ3v) is 9.09. The van der Waals surface area contributed by atoms with Crippen LogP contribution in [0.5, 0.6) is 11.5 Å². The second-order valence-electron chi connectivity index (χ2n) is 15.1. The fourth-order valence-corrected chi connectivity index (χ4v) is 7.41. The van der Waals surface area contributed by atoms with E-state index in [9.17, 15) is 0 Å². The van der Waals surface area contributed by atoms with Gasteiger partial charge in [0.1, 0.15) is 11.5 Å². The Hall–Kier alpha value is -3.39. The van der Waals surface area contributed by atoms with Crippen LogP contribution in [0.15, 0.2) is 60.8 Å². The minimum atomic E-state index is 0.119. The summed E-state index contributed by atoms with van der Waals surface area (Å²) in [7, 11) is 0. The first kappa shape index (κ1) is 26.5. The van der Waals surface area contributed by atoms with Gasteiger partial charge in [-0.15, -0.1) is 0 Å². The molecule has 2 heterocycles. The highest BCUT2D eigenvalue weighted by Gasteiger charge is 2.29. The first-order chi connectivity index (χ1) is 19.5. The van der Waals surface area contributed by atoms with Crippen molar-refractivity contribution in [3.63, 3.8) is 0 Å². The van der Waals surface area contributed by atoms with E-state index in [1.807, 2.05) is 6.20 Å². The molecule has 4 aromatic carbocycles. The fourth-order valence-electron chi connectivity index (χ4n) is 7.41. The van der Waals surface area contributed by atoms with Gasteiger partial charge in [-0.25, -0.2) is 0 Å². The van der Waals surface area contributed by atoms with Crippen molar-refractivity contribution in [1.82, 2.24) is 4.98 Å². The van der Waals surface area contributed by atoms with Crippen molar-refractivity contribution in [2.45, 2.75) is 92.4 Å². The highest BCUT2D eigenvalue weighted by molar-refractivity contribution is 6.16. The summed E-state index contributed by atoms with van der Waals surface area (Å²) in [5.41, 5.74) is 6.70. The van der Waals surface area contributed by atoms with Gasteiger partial charge in [-0.1, -0.05) is 97.2 Å². The summed E-state index contributed by atoms with van der Waals surface area (Å²) in [5, 5.41) is 7.54. The van der Waals surface area contributed by atoms with E-state index in [-0.39, 0.29) is 10.8 Å². The Balaban J connectivity index is 1.45. The number of nitrogens with zero attached hydrogens (tertiary/aromatic N) is 1. The molecule has 1 aromatic heterocycles. The van der Waals surface area contributed by atoms with E-state index in [4.69, 9.17) is 9.72 Å². The van der Waals surface area contributed by atoms with Crippen LogP contribution in [-0.2, 0) is 12.8 Å². The van der Waals surface area contributed by atoms with Crippen LogP contribution >= 0.6 is 0 Å². The number of benzene rings is 4. The molecule has 0 bridgehead atoms. The Morgan fingerprint density at radius 1 is 0.732 bits per heavy atom. The van der Waals surface area contributed by atoms with Gasteiger partial charge in [-0.2, -0.15) is 0 Å². The molecule has 210 valence electrons. The Morgan fingerprint density at radius 3 is 2.22 bits per heavy atom. The summed E-state index contributed by atoms with van der Waals surface area (Å²) in [6.45, 7) is 13.9. The third-order valence-electron chi connectivity index (χ3n) is 9.09. The summed E-state index contributed by atoms with van der Waals surface area (Å²) in [4.78, 5) is 5.02. The molecule has 2 aliphatic rings. The maximum absolute atomic E-state index is 7.00. The summed E-state index contributed by atoms with van der Waals surface area (Å²) < 4.78 is 7.00. The number of hydrogen-bond acceptors (Lipinski definition) is 2. The zero-order chi connectivity index (χ0) is 28.5. The van der Waals surface area contributed by atoms with Crippen molar-refractivity contribution in [3.05, 3.63) is 77.5 Å². The van der Waals surface area contributed by atoms with Crippen LogP contribution in [0, 0.1) is 10.8 Å². The standard InChI is InChI=1S/C39H43NO/c1-38(2,3)22-24-12-14-30-27(18-24)20-32-36-35-31(16-17-40-36)29-15-13-26(25-10-8-7-9-11-25)19-28(29)21-34(35)41-37(32)33(30)23-39(4,5)6/h12-21,25H,7-11,22-23H2,1-6H3. The number of fused-ring (bicyclic) bond motifs is 5. The van der Waals surface area contributed by atoms with Crippen LogP contribution in [0.4, 0.5) is 0 Å². The molecule has 1 saturated carbocycles. The molecule has 0 N–H and O–H groups in total. The molecule has 41 heavy (non-hydrogen) atoms. The van der Waals surface area contributed by atoms with Gasteiger partial charge >= 0.3 is 0 Å². The average Bonchev–Trinajstić information content (AvgIpc) is 2.92. The molecule has 2 nitrogen and oxygen atoms in total. The van der Waals surface area contributed by atoms with Gasteiger partial charge in [0.15, 0.2) is 0 Å². The molecule has 7 rings (SSSR count). The van der Waals surface area contributed by atoms with Crippen molar-refractivity contribution in [2.24, 2.45) is 10.8 Å². The number of ether oxygens (including phenoxy) is 1. The molecule has 0 spiro atoms. The maximum Gasteiger partial charge on any atom is 0.140 e. The molecule has 1 aliphatic heterocycles. The minimum absolute atomic E-state index is 0.119. The van der Waals surface area contributed by atoms with Gasteiger partial charge in [0.25, 0.3) is 0 Å². The number of aromatic nitrogens is 1. The molecule has 0 atom stereocenters. The van der Waals surface area contributed by atoms with Crippen LogP contribution < -0.4 is 4.74 Å². The first-order valence-electron chi connectivity index (χ1n) is 15.7. The summed E-state index contributed by atoms with van der Waals surface area (Å²) in [6.07, 6.45) is 10.7. The lowest BCUT2D eigenvalue weighted by molar-refractivity contribution is 0.400.